The fourth-order valence-electron chi connectivity index (χ4n) is 3.86. The van der Waals surface area contributed by atoms with E-state index < -0.39 is 0 Å². The van der Waals surface area contributed by atoms with Crippen molar-refractivity contribution >= 4 is 17.3 Å². The molecular formula is C23H24FN7. The molecule has 1 aliphatic heterocycles. The van der Waals surface area contributed by atoms with Gasteiger partial charge in [-0.15, -0.1) is 5.10 Å². The summed E-state index contributed by atoms with van der Waals surface area (Å²) >= 11 is 0. The van der Waals surface area contributed by atoms with Gasteiger partial charge < -0.3 is 9.80 Å². The third kappa shape index (κ3) is 3.81. The second-order valence-corrected chi connectivity index (χ2v) is 8.03. The van der Waals surface area contributed by atoms with E-state index in [4.69, 9.17) is 10.1 Å². The second-order valence-electron chi connectivity index (χ2n) is 8.03. The Morgan fingerprint density at radius 3 is 2.35 bits per heavy atom. The van der Waals surface area contributed by atoms with Crippen LogP contribution in [-0.2, 0) is 0 Å². The lowest BCUT2D eigenvalue weighted by atomic mass is 10.1. The highest BCUT2D eigenvalue weighted by molar-refractivity contribution is 5.58. The van der Waals surface area contributed by atoms with Crippen molar-refractivity contribution in [1.29, 1.82) is 0 Å². The molecule has 0 radical (unpaired) electrons. The molecule has 1 aliphatic rings. The van der Waals surface area contributed by atoms with Gasteiger partial charge in [-0.25, -0.2) is 9.37 Å². The fourth-order valence-corrected chi connectivity index (χ4v) is 3.86. The van der Waals surface area contributed by atoms with Crippen molar-refractivity contribution in [1.82, 2.24) is 24.6 Å². The van der Waals surface area contributed by atoms with Crippen molar-refractivity contribution in [3.8, 4) is 11.4 Å². The zero-order valence-electron chi connectivity index (χ0n) is 17.6. The Bertz CT molecular complexity index is 1180. The quantitative estimate of drug-likeness (QED) is 0.504. The number of pyridine rings is 1. The van der Waals surface area contributed by atoms with Crippen LogP contribution in [0.4, 0.5) is 15.9 Å². The lowest BCUT2D eigenvalue weighted by Crippen LogP contribution is -2.47. The predicted molar refractivity (Wildman–Crippen MR) is 119 cm³/mol. The molecule has 4 aromatic rings. The van der Waals surface area contributed by atoms with Gasteiger partial charge in [-0.05, 0) is 42.3 Å². The number of anilines is 2. The highest BCUT2D eigenvalue weighted by Crippen LogP contribution is 2.26. The molecule has 0 atom stereocenters. The molecule has 0 saturated carbocycles. The normalized spacial score (nSPS) is 14.6. The number of halogens is 1. The summed E-state index contributed by atoms with van der Waals surface area (Å²) in [5.41, 5.74) is 2.91. The number of benzene rings is 1. The summed E-state index contributed by atoms with van der Waals surface area (Å²) in [5.74, 6) is 2.28. The van der Waals surface area contributed by atoms with Crippen molar-refractivity contribution in [3.63, 3.8) is 0 Å². The number of aromatic nitrogens is 5. The number of nitrogens with zero attached hydrogens (tertiary/aromatic N) is 7. The molecule has 1 saturated heterocycles. The van der Waals surface area contributed by atoms with Crippen LogP contribution >= 0.6 is 0 Å². The van der Waals surface area contributed by atoms with Gasteiger partial charge in [-0.3, -0.25) is 4.98 Å². The maximum atomic E-state index is 13.3. The number of fused-ring (bicyclic) bond motifs is 1. The lowest BCUT2D eigenvalue weighted by Gasteiger charge is -2.37. The Hall–Kier alpha value is -3.55. The Kier molecular flexibility index (Phi) is 4.97. The van der Waals surface area contributed by atoms with Crippen LogP contribution in [-0.4, -0.2) is 50.7 Å². The highest BCUT2D eigenvalue weighted by atomic mass is 19.1. The molecule has 158 valence electrons. The first-order valence-electron chi connectivity index (χ1n) is 10.5. The van der Waals surface area contributed by atoms with Gasteiger partial charge in [-0.1, -0.05) is 13.8 Å². The Balaban J connectivity index is 1.47. The Morgan fingerprint density at radius 2 is 1.68 bits per heavy atom. The van der Waals surface area contributed by atoms with Gasteiger partial charge in [0.2, 0.25) is 0 Å². The van der Waals surface area contributed by atoms with Crippen LogP contribution in [0.3, 0.4) is 0 Å². The zero-order valence-corrected chi connectivity index (χ0v) is 17.6. The van der Waals surface area contributed by atoms with Crippen LogP contribution in [0.5, 0.6) is 0 Å². The molecule has 4 heterocycles. The van der Waals surface area contributed by atoms with Crippen molar-refractivity contribution in [2.24, 2.45) is 0 Å². The monoisotopic (exact) mass is 417 g/mol. The van der Waals surface area contributed by atoms with Crippen LogP contribution in [0.25, 0.3) is 17.2 Å². The third-order valence-corrected chi connectivity index (χ3v) is 5.62. The molecule has 0 aliphatic carbocycles. The van der Waals surface area contributed by atoms with Crippen LogP contribution in [0, 0.1) is 5.82 Å². The third-order valence-electron chi connectivity index (χ3n) is 5.62. The fraction of sp³-hybridized carbons (Fsp3) is 0.304. The van der Waals surface area contributed by atoms with E-state index in [1.807, 2.05) is 28.8 Å². The first kappa shape index (κ1) is 19.4. The number of hydrogen-bond acceptors (Lipinski definition) is 6. The SMILES string of the molecule is CC(C)c1cc(N2CCN(c3ccc(F)cc3)CC2)n2nc(-c3cccnc3)nc2n1. The number of rotatable bonds is 4. The molecule has 1 aromatic carbocycles. The van der Waals surface area contributed by atoms with E-state index in [1.54, 1.807) is 12.4 Å². The number of piperazine rings is 1. The van der Waals surface area contributed by atoms with Crippen molar-refractivity contribution < 1.29 is 4.39 Å². The maximum absolute atomic E-state index is 13.3. The summed E-state index contributed by atoms with van der Waals surface area (Å²) < 4.78 is 15.1. The van der Waals surface area contributed by atoms with E-state index in [2.05, 4.69) is 39.7 Å². The summed E-state index contributed by atoms with van der Waals surface area (Å²) in [5, 5.41) is 4.75. The minimum absolute atomic E-state index is 0.210. The summed E-state index contributed by atoms with van der Waals surface area (Å²) in [6, 6.07) is 12.6. The van der Waals surface area contributed by atoms with E-state index >= 15 is 0 Å². The molecule has 0 bridgehead atoms. The van der Waals surface area contributed by atoms with E-state index in [1.165, 1.54) is 12.1 Å². The van der Waals surface area contributed by atoms with Gasteiger partial charge in [0.05, 0.1) is 5.69 Å². The minimum atomic E-state index is -0.210. The first-order chi connectivity index (χ1) is 15.1. The van der Waals surface area contributed by atoms with E-state index in [0.717, 1.165) is 48.9 Å². The van der Waals surface area contributed by atoms with Crippen LogP contribution in [0.2, 0.25) is 0 Å². The summed E-state index contributed by atoms with van der Waals surface area (Å²) in [6.07, 6.45) is 3.50. The molecule has 0 unspecified atom stereocenters. The average Bonchev–Trinajstić information content (AvgIpc) is 3.24. The Labute approximate surface area is 180 Å². The zero-order chi connectivity index (χ0) is 21.4. The predicted octanol–water partition coefficient (Wildman–Crippen LogP) is 3.78. The molecule has 1 fully saturated rings. The molecule has 8 heteroatoms. The summed E-state index contributed by atoms with van der Waals surface area (Å²) in [6.45, 7) is 7.61. The lowest BCUT2D eigenvalue weighted by molar-refractivity contribution is 0.622. The van der Waals surface area contributed by atoms with Crippen LogP contribution in [0.1, 0.15) is 25.5 Å². The molecule has 0 amide bonds. The van der Waals surface area contributed by atoms with Gasteiger partial charge in [0.1, 0.15) is 11.6 Å². The smallest absolute Gasteiger partial charge is 0.254 e. The van der Waals surface area contributed by atoms with Gasteiger partial charge in [0, 0.05) is 55.9 Å². The molecule has 0 spiro atoms. The van der Waals surface area contributed by atoms with Gasteiger partial charge in [0.25, 0.3) is 5.78 Å². The topological polar surface area (TPSA) is 62.5 Å². The Morgan fingerprint density at radius 1 is 0.935 bits per heavy atom. The van der Waals surface area contributed by atoms with Crippen molar-refractivity contribution in [2.45, 2.75) is 19.8 Å². The molecule has 7 nitrogen and oxygen atoms in total. The molecule has 0 N–H and O–H groups in total. The van der Waals surface area contributed by atoms with Gasteiger partial charge in [0.15, 0.2) is 5.82 Å². The summed E-state index contributed by atoms with van der Waals surface area (Å²) in [4.78, 5) is 18.2. The maximum Gasteiger partial charge on any atom is 0.254 e. The largest absolute Gasteiger partial charge is 0.368 e. The average molecular weight is 417 g/mol. The molecular weight excluding hydrogens is 393 g/mol. The first-order valence-corrected chi connectivity index (χ1v) is 10.5. The second kappa shape index (κ2) is 7.94. The van der Waals surface area contributed by atoms with Crippen molar-refractivity contribution in [2.75, 3.05) is 36.0 Å². The van der Waals surface area contributed by atoms with E-state index in [-0.39, 0.29) is 11.7 Å². The molecule has 3 aromatic heterocycles. The van der Waals surface area contributed by atoms with Crippen LogP contribution in [0.15, 0.2) is 54.9 Å². The molecule has 31 heavy (non-hydrogen) atoms. The van der Waals surface area contributed by atoms with E-state index in [0.29, 0.717) is 11.6 Å². The van der Waals surface area contributed by atoms with Crippen molar-refractivity contribution in [3.05, 3.63) is 66.4 Å². The summed E-state index contributed by atoms with van der Waals surface area (Å²) in [7, 11) is 0. The molecule has 5 rings (SSSR count). The minimum Gasteiger partial charge on any atom is -0.368 e. The van der Waals surface area contributed by atoms with Gasteiger partial charge >= 0.3 is 0 Å². The van der Waals surface area contributed by atoms with E-state index in [9.17, 15) is 4.39 Å². The van der Waals surface area contributed by atoms with Gasteiger partial charge in [-0.2, -0.15) is 9.50 Å². The highest BCUT2D eigenvalue weighted by Gasteiger charge is 2.22. The standard InChI is InChI=1S/C23H24FN7/c1-16(2)20-14-21(30-12-10-29(11-13-30)19-7-5-18(24)6-8-19)31-23(26-20)27-22(28-31)17-4-3-9-25-15-17/h3-9,14-16H,10-13H2,1-2H3. The van der Waals surface area contributed by atoms with Crippen LogP contribution < -0.4 is 9.80 Å². The number of hydrogen-bond donors (Lipinski definition) is 0.